The Morgan fingerprint density at radius 3 is 2.80 bits per heavy atom. The lowest BCUT2D eigenvalue weighted by Crippen LogP contribution is -3.00. The van der Waals surface area contributed by atoms with E-state index in [0.717, 1.165) is 18.5 Å². The van der Waals surface area contributed by atoms with Gasteiger partial charge < -0.3 is 22.3 Å². The van der Waals surface area contributed by atoms with Gasteiger partial charge in [-0.15, -0.1) is 0 Å². The maximum absolute atomic E-state index is 9.59. The Kier molecular flexibility index (Phi) is 3.58. The van der Waals surface area contributed by atoms with Crippen molar-refractivity contribution < 1.29 is 26.8 Å². The highest BCUT2D eigenvalue weighted by atomic mass is 35.5. The van der Waals surface area contributed by atoms with Gasteiger partial charge in [0.05, 0.1) is 7.11 Å². The number of hydrogen-bond donors (Lipinski definition) is 1. The van der Waals surface area contributed by atoms with Gasteiger partial charge in [0.1, 0.15) is 13.6 Å². The lowest BCUT2D eigenvalue weighted by Gasteiger charge is -2.12. The number of methoxy groups -OCH3 is 1. The average Bonchev–Trinajstić information content (AvgIpc) is 2.16. The van der Waals surface area contributed by atoms with E-state index in [2.05, 4.69) is 4.58 Å². The van der Waals surface area contributed by atoms with Crippen molar-refractivity contribution in [2.75, 3.05) is 20.7 Å². The van der Waals surface area contributed by atoms with Gasteiger partial charge in [0, 0.05) is 12.0 Å². The zero-order chi connectivity index (χ0) is 10.1. The molecule has 3 nitrogen and oxygen atoms in total. The molecule has 0 saturated heterocycles. The minimum Gasteiger partial charge on any atom is -1.00 e. The van der Waals surface area contributed by atoms with Crippen LogP contribution in [0, 0.1) is 0 Å². The quantitative estimate of drug-likeness (QED) is 0.565. The Balaban J connectivity index is 0.00000112. The lowest BCUT2D eigenvalue weighted by molar-refractivity contribution is -0.493. The van der Waals surface area contributed by atoms with Gasteiger partial charge in [-0.3, -0.25) is 0 Å². The van der Waals surface area contributed by atoms with E-state index in [0.29, 0.717) is 5.75 Å². The molecule has 82 valence electrons. The molecule has 0 spiro atoms. The van der Waals surface area contributed by atoms with Gasteiger partial charge in [0.15, 0.2) is 17.7 Å². The molecule has 4 heteroatoms. The number of likely N-dealkylation sites (N-methyl/N-ethyl adjacent to an activating group) is 1. The lowest BCUT2D eigenvalue weighted by atomic mass is 10.0. The summed E-state index contributed by atoms with van der Waals surface area (Å²) in [6.07, 6.45) is 3.04. The van der Waals surface area contributed by atoms with Crippen LogP contribution in [-0.2, 0) is 6.42 Å². The first-order chi connectivity index (χ1) is 6.70. The maximum Gasteiger partial charge on any atom is 0.170 e. The van der Waals surface area contributed by atoms with Gasteiger partial charge in [-0.05, 0) is 17.7 Å². The molecule has 0 fully saturated rings. The number of fused-ring (bicyclic) bond motifs is 1. The SMILES string of the molecule is COc1cc2c(cc1O)C=[N+](C)CC2.[Cl-]. The first-order valence-corrected chi connectivity index (χ1v) is 4.65. The largest absolute Gasteiger partial charge is 1.00 e. The number of aromatic hydroxyl groups is 1. The monoisotopic (exact) mass is 227 g/mol. The maximum atomic E-state index is 9.59. The summed E-state index contributed by atoms with van der Waals surface area (Å²) >= 11 is 0. The molecule has 1 heterocycles. The molecule has 1 aromatic rings. The highest BCUT2D eigenvalue weighted by molar-refractivity contribution is 5.80. The predicted octanol–water partition coefficient (Wildman–Crippen LogP) is -1.98. The second-order valence-corrected chi connectivity index (χ2v) is 3.58. The van der Waals surface area contributed by atoms with E-state index < -0.39 is 0 Å². The molecule has 15 heavy (non-hydrogen) atoms. The third-order valence-corrected chi connectivity index (χ3v) is 2.53. The molecular formula is C11H14ClNO2. The van der Waals surface area contributed by atoms with Crippen LogP contribution in [0.25, 0.3) is 0 Å². The fourth-order valence-electron chi connectivity index (χ4n) is 1.73. The number of hydrogen-bond acceptors (Lipinski definition) is 2. The van der Waals surface area contributed by atoms with Crippen LogP contribution in [0.4, 0.5) is 0 Å². The summed E-state index contributed by atoms with van der Waals surface area (Å²) in [4.78, 5) is 0. The van der Waals surface area contributed by atoms with Gasteiger partial charge in [0.25, 0.3) is 0 Å². The van der Waals surface area contributed by atoms with E-state index in [1.807, 2.05) is 19.3 Å². The van der Waals surface area contributed by atoms with Crippen LogP contribution in [0.15, 0.2) is 12.1 Å². The van der Waals surface area contributed by atoms with Crippen LogP contribution in [0.2, 0.25) is 0 Å². The Hall–Kier alpha value is -1.22. The Morgan fingerprint density at radius 1 is 1.40 bits per heavy atom. The topological polar surface area (TPSA) is 32.5 Å². The van der Waals surface area contributed by atoms with Crippen LogP contribution in [0.1, 0.15) is 11.1 Å². The highest BCUT2D eigenvalue weighted by Crippen LogP contribution is 2.29. The normalized spacial score (nSPS) is 13.6. The van der Waals surface area contributed by atoms with Crippen molar-refractivity contribution in [1.29, 1.82) is 0 Å². The van der Waals surface area contributed by atoms with E-state index in [-0.39, 0.29) is 18.2 Å². The fraction of sp³-hybridized carbons (Fsp3) is 0.364. The molecule has 2 rings (SSSR count). The second kappa shape index (κ2) is 4.53. The number of halogens is 1. The standard InChI is InChI=1S/C11H13NO2.ClH/c1-12-4-3-8-6-11(14-2)10(13)5-9(8)7-12;/h5-7H,3-4H2,1-2H3;1H. The molecular weight excluding hydrogens is 214 g/mol. The number of nitrogens with zero attached hydrogens (tertiary/aromatic N) is 1. The summed E-state index contributed by atoms with van der Waals surface area (Å²) in [6, 6.07) is 3.66. The second-order valence-electron chi connectivity index (χ2n) is 3.58. The Bertz CT molecular complexity index is 402. The van der Waals surface area contributed by atoms with Gasteiger partial charge in [-0.1, -0.05) is 0 Å². The Morgan fingerprint density at radius 2 is 2.13 bits per heavy atom. The highest BCUT2D eigenvalue weighted by Gasteiger charge is 2.15. The number of phenolic OH excluding ortho intramolecular Hbond substituents is 1. The van der Waals surface area contributed by atoms with E-state index in [1.165, 1.54) is 5.56 Å². The van der Waals surface area contributed by atoms with Crippen molar-refractivity contribution in [1.82, 2.24) is 0 Å². The van der Waals surface area contributed by atoms with Gasteiger partial charge in [0.2, 0.25) is 0 Å². The molecule has 1 N–H and O–H groups in total. The van der Waals surface area contributed by atoms with Gasteiger partial charge >= 0.3 is 0 Å². The zero-order valence-electron chi connectivity index (χ0n) is 8.83. The van der Waals surface area contributed by atoms with Crippen LogP contribution >= 0.6 is 0 Å². The summed E-state index contributed by atoms with van der Waals surface area (Å²) in [6.45, 7) is 1.01. The van der Waals surface area contributed by atoms with Crippen molar-refractivity contribution in [3.63, 3.8) is 0 Å². The molecule has 0 saturated carbocycles. The van der Waals surface area contributed by atoms with Crippen molar-refractivity contribution in [3.8, 4) is 11.5 Å². The fourth-order valence-corrected chi connectivity index (χ4v) is 1.73. The van der Waals surface area contributed by atoms with Crippen molar-refractivity contribution >= 4 is 6.21 Å². The molecule has 0 aliphatic carbocycles. The molecule has 0 bridgehead atoms. The third kappa shape index (κ3) is 2.23. The van der Waals surface area contributed by atoms with Crippen molar-refractivity contribution in [3.05, 3.63) is 23.3 Å². The zero-order valence-corrected chi connectivity index (χ0v) is 9.58. The number of ether oxygens (including phenoxy) is 1. The molecule has 0 unspecified atom stereocenters. The van der Waals surface area contributed by atoms with E-state index in [1.54, 1.807) is 13.2 Å². The third-order valence-electron chi connectivity index (χ3n) is 2.53. The molecule has 1 aliphatic rings. The molecule has 0 radical (unpaired) electrons. The molecule has 1 aliphatic heterocycles. The molecule has 0 atom stereocenters. The van der Waals surface area contributed by atoms with Crippen molar-refractivity contribution in [2.45, 2.75) is 6.42 Å². The number of benzene rings is 1. The van der Waals surface area contributed by atoms with Gasteiger partial charge in [-0.2, -0.15) is 0 Å². The average molecular weight is 228 g/mol. The first-order valence-electron chi connectivity index (χ1n) is 4.65. The summed E-state index contributed by atoms with van der Waals surface area (Å²) < 4.78 is 7.18. The smallest absolute Gasteiger partial charge is 0.170 e. The van der Waals surface area contributed by atoms with Gasteiger partial charge in [-0.25, -0.2) is 4.58 Å². The van der Waals surface area contributed by atoms with Crippen LogP contribution in [0.3, 0.4) is 0 Å². The minimum atomic E-state index is 0. The summed E-state index contributed by atoms with van der Waals surface area (Å²) in [5.74, 6) is 0.763. The van der Waals surface area contributed by atoms with Crippen LogP contribution in [-0.4, -0.2) is 36.6 Å². The summed E-state index contributed by atoms with van der Waals surface area (Å²) in [5.41, 5.74) is 2.31. The Labute approximate surface area is 95.4 Å². The molecule has 1 aromatic carbocycles. The summed E-state index contributed by atoms with van der Waals surface area (Å²) in [5, 5.41) is 9.59. The predicted molar refractivity (Wildman–Crippen MR) is 54.6 cm³/mol. The van der Waals surface area contributed by atoms with Crippen LogP contribution in [0.5, 0.6) is 11.5 Å². The van der Waals surface area contributed by atoms with E-state index in [9.17, 15) is 5.11 Å². The van der Waals surface area contributed by atoms with Crippen LogP contribution < -0.4 is 17.1 Å². The number of rotatable bonds is 1. The minimum absolute atomic E-state index is 0. The number of phenols is 1. The van der Waals surface area contributed by atoms with Crippen molar-refractivity contribution in [2.24, 2.45) is 0 Å². The molecule has 0 aromatic heterocycles. The van der Waals surface area contributed by atoms with E-state index in [4.69, 9.17) is 4.74 Å². The molecule has 0 amide bonds. The first kappa shape index (κ1) is 11.9. The van der Waals surface area contributed by atoms with E-state index >= 15 is 0 Å². The summed E-state index contributed by atoms with van der Waals surface area (Å²) in [7, 11) is 3.60.